The number of carbonyl (C=O) groups is 2. The minimum Gasteiger partial charge on any atom is -0.341 e. The van der Waals surface area contributed by atoms with E-state index in [2.05, 4.69) is 0 Å². The SMILES string of the molecule is CC(=O)c1ccc(SCC(=O)N(C)Cc2cccc(Cl)c2Cl)c(F)c1. The van der Waals surface area contributed by atoms with E-state index >= 15 is 0 Å². The number of Topliss-reactive ketones (excluding diaryl/α,β-unsaturated/α-hetero) is 1. The smallest absolute Gasteiger partial charge is 0.232 e. The molecule has 25 heavy (non-hydrogen) atoms. The molecule has 3 nitrogen and oxygen atoms in total. The van der Waals surface area contributed by atoms with Gasteiger partial charge in [-0.15, -0.1) is 11.8 Å². The summed E-state index contributed by atoms with van der Waals surface area (Å²) in [6.45, 7) is 1.69. The highest BCUT2D eigenvalue weighted by Gasteiger charge is 2.14. The molecule has 0 atom stereocenters. The summed E-state index contributed by atoms with van der Waals surface area (Å²) in [5.74, 6) is -0.808. The Hall–Kier alpha value is -1.56. The van der Waals surface area contributed by atoms with Gasteiger partial charge in [-0.1, -0.05) is 41.4 Å². The third-order valence-electron chi connectivity index (χ3n) is 3.55. The molecule has 2 aromatic rings. The molecule has 0 aromatic heterocycles. The fraction of sp³-hybridized carbons (Fsp3) is 0.222. The fourth-order valence-corrected chi connectivity index (χ4v) is 3.34. The van der Waals surface area contributed by atoms with Crippen LogP contribution < -0.4 is 0 Å². The molecular weight excluding hydrogens is 384 g/mol. The van der Waals surface area contributed by atoms with Crippen LogP contribution in [0, 0.1) is 5.82 Å². The lowest BCUT2D eigenvalue weighted by molar-refractivity contribution is -0.127. The summed E-state index contributed by atoms with van der Waals surface area (Å²) in [5.41, 5.74) is 1.05. The maximum absolute atomic E-state index is 14.0. The van der Waals surface area contributed by atoms with Gasteiger partial charge in [0.05, 0.1) is 15.8 Å². The molecule has 0 fully saturated rings. The van der Waals surface area contributed by atoms with Gasteiger partial charge in [0.25, 0.3) is 0 Å². The first-order valence-electron chi connectivity index (χ1n) is 7.39. The first-order chi connectivity index (χ1) is 11.8. The van der Waals surface area contributed by atoms with Crippen LogP contribution in [0.25, 0.3) is 0 Å². The number of hydrogen-bond acceptors (Lipinski definition) is 3. The Kier molecular flexibility index (Phi) is 6.87. The van der Waals surface area contributed by atoms with Crippen molar-refractivity contribution in [3.8, 4) is 0 Å². The van der Waals surface area contributed by atoms with Gasteiger partial charge in [0.2, 0.25) is 5.91 Å². The van der Waals surface area contributed by atoms with E-state index in [0.717, 1.165) is 17.3 Å². The van der Waals surface area contributed by atoms with Crippen LogP contribution in [0.5, 0.6) is 0 Å². The van der Waals surface area contributed by atoms with Crippen LogP contribution >= 0.6 is 35.0 Å². The molecular formula is C18H16Cl2FNO2S. The monoisotopic (exact) mass is 399 g/mol. The lowest BCUT2D eigenvalue weighted by atomic mass is 10.1. The van der Waals surface area contributed by atoms with Gasteiger partial charge in [-0.25, -0.2) is 4.39 Å². The van der Waals surface area contributed by atoms with Gasteiger partial charge in [0.1, 0.15) is 5.82 Å². The van der Waals surface area contributed by atoms with E-state index in [1.54, 1.807) is 31.3 Å². The van der Waals surface area contributed by atoms with Gasteiger partial charge in [0, 0.05) is 24.1 Å². The van der Waals surface area contributed by atoms with Crippen molar-refractivity contribution in [2.24, 2.45) is 0 Å². The zero-order chi connectivity index (χ0) is 18.6. The Morgan fingerprint density at radius 1 is 1.20 bits per heavy atom. The normalized spacial score (nSPS) is 10.6. The van der Waals surface area contributed by atoms with Gasteiger partial charge in [-0.05, 0) is 30.7 Å². The Morgan fingerprint density at radius 2 is 1.92 bits per heavy atom. The van der Waals surface area contributed by atoms with Crippen LogP contribution in [-0.4, -0.2) is 29.4 Å². The van der Waals surface area contributed by atoms with Crippen LogP contribution in [0.1, 0.15) is 22.8 Å². The van der Waals surface area contributed by atoms with Crippen LogP contribution in [0.2, 0.25) is 10.0 Å². The van der Waals surface area contributed by atoms with E-state index in [4.69, 9.17) is 23.2 Å². The van der Waals surface area contributed by atoms with Crippen molar-refractivity contribution in [3.05, 3.63) is 63.4 Å². The molecule has 0 aliphatic rings. The van der Waals surface area contributed by atoms with E-state index < -0.39 is 5.82 Å². The Labute approximate surface area is 160 Å². The predicted molar refractivity (Wildman–Crippen MR) is 100 cm³/mol. The van der Waals surface area contributed by atoms with Crippen molar-refractivity contribution in [1.29, 1.82) is 0 Å². The number of thioether (sulfide) groups is 1. The zero-order valence-corrected chi connectivity index (χ0v) is 16.0. The van der Waals surface area contributed by atoms with Crippen LogP contribution in [0.15, 0.2) is 41.3 Å². The standard InChI is InChI=1S/C18H16Cl2FNO2S/c1-11(23)12-6-7-16(15(21)8-12)25-10-17(24)22(2)9-13-4-3-5-14(19)18(13)20/h3-8H,9-10H2,1-2H3. The molecule has 0 heterocycles. The van der Waals surface area contributed by atoms with Crippen molar-refractivity contribution in [3.63, 3.8) is 0 Å². The Balaban J connectivity index is 1.98. The van der Waals surface area contributed by atoms with E-state index in [-0.39, 0.29) is 17.4 Å². The number of benzene rings is 2. The van der Waals surface area contributed by atoms with Crippen LogP contribution in [0.4, 0.5) is 4.39 Å². The highest BCUT2D eigenvalue weighted by atomic mass is 35.5. The van der Waals surface area contributed by atoms with Crippen molar-refractivity contribution in [2.45, 2.75) is 18.4 Å². The number of halogens is 3. The van der Waals surface area contributed by atoms with Gasteiger partial charge in [-0.3, -0.25) is 9.59 Å². The molecule has 0 aliphatic heterocycles. The molecule has 0 spiro atoms. The zero-order valence-electron chi connectivity index (χ0n) is 13.7. The average molecular weight is 400 g/mol. The lowest BCUT2D eigenvalue weighted by Gasteiger charge is -2.18. The highest BCUT2D eigenvalue weighted by Crippen LogP contribution is 2.27. The topological polar surface area (TPSA) is 37.4 Å². The molecule has 2 rings (SSSR count). The number of carbonyl (C=O) groups excluding carboxylic acids is 2. The van der Waals surface area contributed by atoms with Gasteiger partial charge in [0.15, 0.2) is 5.78 Å². The molecule has 0 aliphatic carbocycles. The average Bonchev–Trinajstić information content (AvgIpc) is 2.57. The summed E-state index contributed by atoms with van der Waals surface area (Å²) in [4.78, 5) is 25.3. The Morgan fingerprint density at radius 3 is 2.56 bits per heavy atom. The first kappa shape index (κ1) is 19.8. The minimum absolute atomic E-state index is 0.0744. The number of ketones is 1. The molecule has 1 amide bonds. The third kappa shape index (κ3) is 5.21. The largest absolute Gasteiger partial charge is 0.341 e. The second kappa shape index (κ2) is 8.70. The third-order valence-corrected chi connectivity index (χ3v) is 5.45. The van der Waals surface area contributed by atoms with E-state index in [1.807, 2.05) is 0 Å². The van der Waals surface area contributed by atoms with Crippen LogP contribution in [0.3, 0.4) is 0 Å². The minimum atomic E-state index is -0.508. The van der Waals surface area contributed by atoms with Gasteiger partial charge >= 0.3 is 0 Å². The fourth-order valence-electron chi connectivity index (χ4n) is 2.10. The van der Waals surface area contributed by atoms with Crippen molar-refractivity contribution in [1.82, 2.24) is 4.90 Å². The number of amides is 1. The van der Waals surface area contributed by atoms with Crippen molar-refractivity contribution in [2.75, 3.05) is 12.8 Å². The highest BCUT2D eigenvalue weighted by molar-refractivity contribution is 8.00. The summed E-state index contributed by atoms with van der Waals surface area (Å²) >= 11 is 13.2. The van der Waals surface area contributed by atoms with E-state index in [9.17, 15) is 14.0 Å². The van der Waals surface area contributed by atoms with Crippen molar-refractivity contribution < 1.29 is 14.0 Å². The molecule has 0 N–H and O–H groups in total. The first-order valence-corrected chi connectivity index (χ1v) is 9.14. The molecule has 0 radical (unpaired) electrons. The quantitative estimate of drug-likeness (QED) is 0.501. The molecule has 0 bridgehead atoms. The summed E-state index contributed by atoms with van der Waals surface area (Å²) in [5, 5.41) is 0.851. The maximum atomic E-state index is 14.0. The molecule has 0 saturated heterocycles. The summed E-state index contributed by atoms with van der Waals surface area (Å²) in [6.07, 6.45) is 0. The lowest BCUT2D eigenvalue weighted by Crippen LogP contribution is -2.28. The molecule has 2 aromatic carbocycles. The summed E-state index contributed by atoms with van der Waals surface area (Å²) in [7, 11) is 1.65. The van der Waals surface area contributed by atoms with Gasteiger partial charge in [-0.2, -0.15) is 0 Å². The summed E-state index contributed by atoms with van der Waals surface area (Å²) in [6, 6.07) is 9.49. The van der Waals surface area contributed by atoms with Crippen molar-refractivity contribution >= 4 is 46.7 Å². The van der Waals surface area contributed by atoms with E-state index in [0.29, 0.717) is 27.0 Å². The molecule has 132 valence electrons. The molecule has 0 unspecified atom stereocenters. The second-order valence-corrected chi connectivity index (χ2v) is 7.26. The maximum Gasteiger partial charge on any atom is 0.232 e. The van der Waals surface area contributed by atoms with Crippen LogP contribution in [-0.2, 0) is 11.3 Å². The van der Waals surface area contributed by atoms with E-state index in [1.165, 1.54) is 24.0 Å². The molecule has 7 heteroatoms. The summed E-state index contributed by atoms with van der Waals surface area (Å²) < 4.78 is 14.0. The number of hydrogen-bond donors (Lipinski definition) is 0. The molecule has 0 saturated carbocycles. The van der Waals surface area contributed by atoms with Gasteiger partial charge < -0.3 is 4.90 Å². The number of nitrogens with zero attached hydrogens (tertiary/aromatic N) is 1. The Bertz CT molecular complexity index is 814. The predicted octanol–water partition coefficient (Wildman–Crippen LogP) is 5.09. The number of rotatable bonds is 6. The second-order valence-electron chi connectivity index (χ2n) is 5.45.